The van der Waals surface area contributed by atoms with Crippen molar-refractivity contribution in [3.8, 4) is 0 Å². The second-order valence-corrected chi connectivity index (χ2v) is 8.10. The predicted octanol–water partition coefficient (Wildman–Crippen LogP) is 4.80. The Hall–Kier alpha value is -3.21. The number of amides is 1. The van der Waals surface area contributed by atoms with Crippen molar-refractivity contribution in [1.82, 2.24) is 10.2 Å². The molecule has 1 N–H and O–H groups in total. The number of hydrogen-bond acceptors (Lipinski definition) is 4. The molecule has 1 aromatic heterocycles. The molecule has 0 bridgehead atoms. The van der Waals surface area contributed by atoms with Gasteiger partial charge in [-0.3, -0.25) is 4.79 Å². The van der Waals surface area contributed by atoms with Crippen molar-refractivity contribution >= 4 is 17.4 Å². The van der Waals surface area contributed by atoms with E-state index in [0.717, 1.165) is 55.0 Å². The second-order valence-electron chi connectivity index (χ2n) is 8.10. The maximum Gasteiger partial charge on any atom is 0.276 e. The molecule has 2 aromatic carbocycles. The molecule has 1 amide bonds. The number of aromatic nitrogens is 2. The van der Waals surface area contributed by atoms with Crippen LogP contribution in [-0.4, -0.2) is 29.2 Å². The van der Waals surface area contributed by atoms with Gasteiger partial charge in [0.15, 0.2) is 11.5 Å². The monoisotopic (exact) mass is 400 g/mol. The van der Waals surface area contributed by atoms with E-state index in [1.54, 1.807) is 6.07 Å². The van der Waals surface area contributed by atoms with Crippen molar-refractivity contribution < 1.29 is 4.79 Å². The quantitative estimate of drug-likeness (QED) is 0.668. The lowest BCUT2D eigenvalue weighted by Gasteiger charge is -2.32. The first-order valence-electron chi connectivity index (χ1n) is 10.6. The van der Waals surface area contributed by atoms with Gasteiger partial charge < -0.3 is 10.2 Å². The number of carbonyl (C=O) groups excluding carboxylic acids is 1. The minimum atomic E-state index is -0.232. The Morgan fingerprint density at radius 3 is 2.43 bits per heavy atom. The zero-order chi connectivity index (χ0) is 20.9. The van der Waals surface area contributed by atoms with Crippen molar-refractivity contribution in [3.05, 3.63) is 83.0 Å². The largest absolute Gasteiger partial charge is 0.355 e. The summed E-state index contributed by atoms with van der Waals surface area (Å²) in [7, 11) is 0. The molecular formula is C25H28N4O. The van der Waals surface area contributed by atoms with Gasteiger partial charge in [-0.1, -0.05) is 42.5 Å². The Kier molecular flexibility index (Phi) is 6.07. The summed E-state index contributed by atoms with van der Waals surface area (Å²) in [6.07, 6.45) is 3.43. The Balaban J connectivity index is 1.33. The third-order valence-corrected chi connectivity index (χ3v) is 6.04. The number of aryl methyl sites for hydroxylation is 1. The van der Waals surface area contributed by atoms with E-state index in [1.165, 1.54) is 5.56 Å². The van der Waals surface area contributed by atoms with Crippen LogP contribution in [0.1, 0.15) is 40.0 Å². The molecule has 1 aliphatic heterocycles. The molecule has 0 aliphatic carbocycles. The SMILES string of the molecule is Cc1cccc(NC(=O)c2ccc(N3CCC(Cc4ccccc4)CC3)nn2)c1C. The number of carbonyl (C=O) groups is 1. The first-order valence-corrected chi connectivity index (χ1v) is 10.6. The van der Waals surface area contributed by atoms with Gasteiger partial charge in [-0.2, -0.15) is 0 Å². The summed E-state index contributed by atoms with van der Waals surface area (Å²) in [5.41, 5.74) is 4.76. The highest BCUT2D eigenvalue weighted by Crippen LogP contribution is 2.25. The van der Waals surface area contributed by atoms with E-state index < -0.39 is 0 Å². The topological polar surface area (TPSA) is 58.1 Å². The first-order chi connectivity index (χ1) is 14.6. The van der Waals surface area contributed by atoms with E-state index in [-0.39, 0.29) is 5.91 Å². The number of rotatable bonds is 5. The number of benzene rings is 2. The molecular weight excluding hydrogens is 372 g/mol. The molecule has 5 heteroatoms. The third-order valence-electron chi connectivity index (χ3n) is 6.04. The standard InChI is InChI=1S/C25H28N4O/c1-18-7-6-10-22(19(18)2)26-25(30)23-11-12-24(28-27-23)29-15-13-21(14-16-29)17-20-8-4-3-5-9-20/h3-12,21H,13-17H2,1-2H3,(H,26,30). The van der Waals surface area contributed by atoms with Gasteiger partial charge in [0.05, 0.1) is 0 Å². The second kappa shape index (κ2) is 9.08. The molecule has 2 heterocycles. The van der Waals surface area contributed by atoms with Gasteiger partial charge in [0.25, 0.3) is 5.91 Å². The van der Waals surface area contributed by atoms with E-state index in [4.69, 9.17) is 0 Å². The van der Waals surface area contributed by atoms with Crippen LogP contribution < -0.4 is 10.2 Å². The molecule has 154 valence electrons. The lowest BCUT2D eigenvalue weighted by atomic mass is 9.90. The number of nitrogens with one attached hydrogen (secondary N) is 1. The summed E-state index contributed by atoms with van der Waals surface area (Å²) in [6, 6.07) is 20.2. The minimum absolute atomic E-state index is 0.232. The summed E-state index contributed by atoms with van der Waals surface area (Å²) < 4.78 is 0. The Morgan fingerprint density at radius 2 is 1.73 bits per heavy atom. The molecule has 1 saturated heterocycles. The molecule has 0 spiro atoms. The molecule has 5 nitrogen and oxygen atoms in total. The maximum absolute atomic E-state index is 12.6. The lowest BCUT2D eigenvalue weighted by Crippen LogP contribution is -2.35. The van der Waals surface area contributed by atoms with Crippen LogP contribution in [0, 0.1) is 19.8 Å². The highest BCUT2D eigenvalue weighted by atomic mass is 16.1. The fourth-order valence-electron chi connectivity index (χ4n) is 4.00. The molecule has 0 saturated carbocycles. The van der Waals surface area contributed by atoms with Crippen LogP contribution in [0.4, 0.5) is 11.5 Å². The van der Waals surface area contributed by atoms with Crippen molar-refractivity contribution in [3.63, 3.8) is 0 Å². The van der Waals surface area contributed by atoms with Crippen LogP contribution >= 0.6 is 0 Å². The number of nitrogens with zero attached hydrogens (tertiary/aromatic N) is 3. The van der Waals surface area contributed by atoms with Crippen LogP contribution in [0.5, 0.6) is 0 Å². The number of anilines is 2. The van der Waals surface area contributed by atoms with Gasteiger partial charge in [0, 0.05) is 18.8 Å². The molecule has 1 aliphatic rings. The summed E-state index contributed by atoms with van der Waals surface area (Å²) in [4.78, 5) is 14.8. The highest BCUT2D eigenvalue weighted by molar-refractivity contribution is 6.03. The van der Waals surface area contributed by atoms with Gasteiger partial charge in [0.2, 0.25) is 0 Å². The fraction of sp³-hybridized carbons (Fsp3) is 0.320. The highest BCUT2D eigenvalue weighted by Gasteiger charge is 2.21. The van der Waals surface area contributed by atoms with Gasteiger partial charge in [-0.05, 0) is 73.9 Å². The molecule has 0 radical (unpaired) electrons. The molecule has 1 fully saturated rings. The van der Waals surface area contributed by atoms with Crippen molar-refractivity contribution in [2.24, 2.45) is 5.92 Å². The van der Waals surface area contributed by atoms with E-state index in [2.05, 4.69) is 50.7 Å². The van der Waals surface area contributed by atoms with Crippen LogP contribution in [0.3, 0.4) is 0 Å². The minimum Gasteiger partial charge on any atom is -0.355 e. The van der Waals surface area contributed by atoms with Crippen LogP contribution in [-0.2, 0) is 6.42 Å². The van der Waals surface area contributed by atoms with E-state index in [0.29, 0.717) is 11.6 Å². The number of piperidine rings is 1. The molecule has 4 rings (SSSR count). The van der Waals surface area contributed by atoms with Crippen LogP contribution in [0.2, 0.25) is 0 Å². The van der Waals surface area contributed by atoms with Crippen LogP contribution in [0.25, 0.3) is 0 Å². The smallest absolute Gasteiger partial charge is 0.276 e. The summed E-state index contributed by atoms with van der Waals surface area (Å²) in [5.74, 6) is 1.32. The third kappa shape index (κ3) is 4.67. The Morgan fingerprint density at radius 1 is 0.967 bits per heavy atom. The average Bonchev–Trinajstić information content (AvgIpc) is 2.78. The van der Waals surface area contributed by atoms with Gasteiger partial charge in [-0.15, -0.1) is 10.2 Å². The van der Waals surface area contributed by atoms with E-state index in [1.807, 2.05) is 38.1 Å². The first kappa shape index (κ1) is 20.1. The van der Waals surface area contributed by atoms with Gasteiger partial charge in [0.1, 0.15) is 0 Å². The predicted molar refractivity (Wildman–Crippen MR) is 121 cm³/mol. The lowest BCUT2D eigenvalue weighted by molar-refractivity contribution is 0.102. The maximum atomic E-state index is 12.6. The zero-order valence-corrected chi connectivity index (χ0v) is 17.6. The fourth-order valence-corrected chi connectivity index (χ4v) is 4.00. The zero-order valence-electron chi connectivity index (χ0n) is 17.6. The molecule has 0 atom stereocenters. The summed E-state index contributed by atoms with van der Waals surface area (Å²) in [6.45, 7) is 5.98. The summed E-state index contributed by atoms with van der Waals surface area (Å²) in [5, 5.41) is 11.5. The molecule has 30 heavy (non-hydrogen) atoms. The molecule has 3 aromatic rings. The molecule has 0 unspecified atom stereocenters. The van der Waals surface area contributed by atoms with Crippen molar-refractivity contribution in [1.29, 1.82) is 0 Å². The Labute approximate surface area is 178 Å². The average molecular weight is 401 g/mol. The van der Waals surface area contributed by atoms with Crippen LogP contribution in [0.15, 0.2) is 60.7 Å². The van der Waals surface area contributed by atoms with Gasteiger partial charge in [-0.25, -0.2) is 0 Å². The van der Waals surface area contributed by atoms with Crippen molar-refractivity contribution in [2.45, 2.75) is 33.1 Å². The number of hydrogen-bond donors (Lipinski definition) is 1. The van der Waals surface area contributed by atoms with Crippen molar-refractivity contribution in [2.75, 3.05) is 23.3 Å². The van der Waals surface area contributed by atoms with E-state index >= 15 is 0 Å². The summed E-state index contributed by atoms with van der Waals surface area (Å²) >= 11 is 0. The Bertz CT molecular complexity index is 993. The normalized spacial score (nSPS) is 14.5. The van der Waals surface area contributed by atoms with E-state index in [9.17, 15) is 4.79 Å². The van der Waals surface area contributed by atoms with Gasteiger partial charge >= 0.3 is 0 Å².